The highest BCUT2D eigenvalue weighted by Crippen LogP contribution is 2.44. The van der Waals surface area contributed by atoms with Gasteiger partial charge >= 0.3 is 18.5 Å². The first-order valence-corrected chi connectivity index (χ1v) is 10.4. The summed E-state index contributed by atoms with van der Waals surface area (Å²) >= 11 is 14.9. The molecule has 38 heavy (non-hydrogen) atoms. The van der Waals surface area contributed by atoms with Gasteiger partial charge in [0.25, 0.3) is 5.72 Å². The predicted octanol–water partition coefficient (Wildman–Crippen LogP) is 3.55. The first-order valence-electron chi connectivity index (χ1n) is 8.79. The van der Waals surface area contributed by atoms with Crippen LogP contribution in [0.5, 0.6) is 0 Å². The number of nitrogens with two attached hydrogens (primary N) is 1. The molecule has 6 N–H and O–H groups in total. The molecule has 2 atom stereocenters. The molecule has 0 saturated heterocycles. The van der Waals surface area contributed by atoms with Gasteiger partial charge in [-0.1, -0.05) is 0 Å². The van der Waals surface area contributed by atoms with Crippen LogP contribution in [0.1, 0.15) is 19.8 Å². The van der Waals surface area contributed by atoms with Crippen LogP contribution in [0.4, 0.5) is 39.5 Å². The number of ketones is 2. The van der Waals surface area contributed by atoms with Gasteiger partial charge in [0.2, 0.25) is 11.5 Å². The van der Waals surface area contributed by atoms with Crippen molar-refractivity contribution in [2.45, 2.75) is 49.7 Å². The van der Waals surface area contributed by atoms with Gasteiger partial charge in [-0.05, 0) is 6.92 Å². The van der Waals surface area contributed by atoms with E-state index in [4.69, 9.17) is 56.3 Å². The number of hydrogen-bond acceptors (Lipinski definition) is 8. The molecule has 0 spiro atoms. The molecular formula is C16H20Cl4F9N5O4. The number of carbonyl (C=O) groups excluding carboxylic acids is 2. The van der Waals surface area contributed by atoms with Gasteiger partial charge in [-0.25, -0.2) is 4.99 Å². The van der Waals surface area contributed by atoms with E-state index in [0.29, 0.717) is 0 Å². The van der Waals surface area contributed by atoms with Crippen LogP contribution in [0.2, 0.25) is 0 Å². The molecule has 0 radical (unpaired) electrons. The van der Waals surface area contributed by atoms with Crippen LogP contribution >= 0.6 is 47.2 Å². The summed E-state index contributed by atoms with van der Waals surface area (Å²) < 4.78 is 109. The van der Waals surface area contributed by atoms with Crippen molar-refractivity contribution in [3.63, 3.8) is 0 Å². The zero-order valence-corrected chi connectivity index (χ0v) is 21.7. The molecule has 0 aliphatic carbocycles. The van der Waals surface area contributed by atoms with Crippen LogP contribution < -0.4 is 11.1 Å². The van der Waals surface area contributed by atoms with Crippen molar-refractivity contribution in [2.24, 2.45) is 10.7 Å². The minimum Gasteiger partial charge on any atom is -0.387 e. The Morgan fingerprint density at radius 3 is 1.68 bits per heavy atom. The first kappa shape index (κ1) is 43.3. The number of nitrogens with one attached hydrogen (secondary N) is 2. The smallest absolute Gasteiger partial charge is 0.387 e. The molecule has 0 aromatic rings. The molecular weight excluding hydrogens is 639 g/mol. The molecule has 0 aromatic heterocycles. The summed E-state index contributed by atoms with van der Waals surface area (Å²) in [5.41, 5.74) is -3.26. The maximum Gasteiger partial charge on any atom is 0.450 e. The number of nitrogens with zero attached hydrogens (tertiary/aromatic N) is 2. The van der Waals surface area contributed by atoms with Gasteiger partial charge in [-0.2, -0.15) is 44.8 Å². The van der Waals surface area contributed by atoms with E-state index in [-0.39, 0.29) is 30.0 Å². The number of carbonyl (C=O) groups is 2. The fourth-order valence-electron chi connectivity index (χ4n) is 1.65. The lowest BCUT2D eigenvalue weighted by molar-refractivity contribution is -0.322. The largest absolute Gasteiger partial charge is 0.450 e. The molecule has 1 heterocycles. The molecule has 224 valence electrons. The third-order valence-electron chi connectivity index (χ3n) is 3.15. The summed E-state index contributed by atoms with van der Waals surface area (Å²) in [5, 5.41) is 33.5. The minimum atomic E-state index is -5.48. The first-order chi connectivity index (χ1) is 16.4. The summed E-state index contributed by atoms with van der Waals surface area (Å²) in [6.07, 6.45) is -19.0. The number of rotatable bonds is 4. The molecule has 0 bridgehead atoms. The Kier molecular flexibility index (Phi) is 20.2. The Morgan fingerprint density at radius 1 is 1.11 bits per heavy atom. The summed E-state index contributed by atoms with van der Waals surface area (Å²) in [6.45, 7) is 0.934. The molecule has 2 unspecified atom stereocenters. The Morgan fingerprint density at radius 2 is 1.50 bits per heavy atom. The van der Waals surface area contributed by atoms with E-state index < -0.39 is 66.1 Å². The van der Waals surface area contributed by atoms with Gasteiger partial charge in [0.1, 0.15) is 23.3 Å². The Bertz CT molecular complexity index is 851. The average Bonchev–Trinajstić information content (AvgIpc) is 2.71. The SMILES string of the molecule is CC(=O)CC(=O)C(F)(F)F.Cl.N#CCCl.N=C(N)CCl.OC1(C(F)(F)F)CC(O)(C(F)(F)F)NC(CCl)=N1. The lowest BCUT2D eigenvalue weighted by Gasteiger charge is -2.41. The normalized spacial score (nSPS) is 20.5. The Hall–Kier alpha value is -1.78. The monoisotopic (exact) mass is 657 g/mol. The molecule has 0 saturated carbocycles. The number of nitriles is 1. The maximum atomic E-state index is 12.5. The average molecular weight is 659 g/mol. The van der Waals surface area contributed by atoms with Crippen LogP contribution in [0.15, 0.2) is 4.99 Å². The quantitative estimate of drug-likeness (QED) is 0.101. The van der Waals surface area contributed by atoms with Crippen molar-refractivity contribution >= 4 is 70.4 Å². The lowest BCUT2D eigenvalue weighted by atomic mass is 9.96. The molecule has 0 amide bonds. The van der Waals surface area contributed by atoms with Crippen molar-refractivity contribution < 1.29 is 59.3 Å². The standard InChI is InChI=1S/C7H7ClF6N2O2.C5H5F3O2.C2H5ClN2.C2H2ClN.ClH/c8-1-3-15-4(17,6(9,10)11)2-5(18,16-3)7(12,13)14;1-3(9)2-4(10)5(6,7)8;3-1-2(4)5;3-1-2-4;/h17-18H,1-2H2,(H,15,16);2H2,1H3;1H2,(H3,4,5);1H2;1H. The molecule has 1 aliphatic rings. The van der Waals surface area contributed by atoms with Gasteiger partial charge in [-0.15, -0.1) is 47.2 Å². The summed E-state index contributed by atoms with van der Waals surface area (Å²) in [7, 11) is 0. The van der Waals surface area contributed by atoms with Crippen LogP contribution in [0.25, 0.3) is 0 Å². The molecule has 1 aliphatic heterocycles. The van der Waals surface area contributed by atoms with E-state index in [0.717, 1.165) is 6.92 Å². The number of hydrogen-bond donors (Lipinski definition) is 5. The van der Waals surface area contributed by atoms with Gasteiger partial charge in [0.15, 0.2) is 0 Å². The van der Waals surface area contributed by atoms with Crippen molar-refractivity contribution in [1.82, 2.24) is 5.32 Å². The van der Waals surface area contributed by atoms with E-state index >= 15 is 0 Å². The zero-order chi connectivity index (χ0) is 30.5. The van der Waals surface area contributed by atoms with E-state index in [9.17, 15) is 54.2 Å². The van der Waals surface area contributed by atoms with Crippen molar-refractivity contribution in [2.75, 3.05) is 17.6 Å². The Labute approximate surface area is 230 Å². The summed E-state index contributed by atoms with van der Waals surface area (Å²) in [6, 6.07) is 1.70. The maximum absolute atomic E-state index is 12.5. The molecule has 22 heteroatoms. The van der Waals surface area contributed by atoms with Crippen LogP contribution in [0.3, 0.4) is 0 Å². The summed E-state index contributed by atoms with van der Waals surface area (Å²) in [5.74, 6) is -4.38. The third kappa shape index (κ3) is 16.9. The second-order valence-electron chi connectivity index (χ2n) is 6.42. The molecule has 0 aromatic carbocycles. The van der Waals surface area contributed by atoms with Gasteiger partial charge in [0.05, 0.1) is 30.7 Å². The predicted molar refractivity (Wildman–Crippen MR) is 120 cm³/mol. The second-order valence-corrected chi connectivity index (χ2v) is 7.22. The number of halogens is 13. The van der Waals surface area contributed by atoms with Crippen molar-refractivity contribution in [3.05, 3.63) is 0 Å². The number of alkyl halides is 12. The van der Waals surface area contributed by atoms with E-state index in [1.165, 1.54) is 5.32 Å². The zero-order valence-electron chi connectivity index (χ0n) is 18.7. The van der Waals surface area contributed by atoms with Crippen molar-refractivity contribution in [3.8, 4) is 6.07 Å². The third-order valence-corrected chi connectivity index (χ3v) is 3.81. The van der Waals surface area contributed by atoms with E-state index in [1.807, 2.05) is 0 Å². The topological polar surface area (TPSA) is 173 Å². The van der Waals surface area contributed by atoms with Crippen LogP contribution in [0, 0.1) is 16.7 Å². The van der Waals surface area contributed by atoms with Crippen molar-refractivity contribution in [1.29, 1.82) is 10.7 Å². The molecule has 1 rings (SSSR count). The second kappa shape index (κ2) is 17.7. The van der Waals surface area contributed by atoms with Gasteiger partial charge < -0.3 is 21.3 Å². The fourth-order valence-corrected chi connectivity index (χ4v) is 1.78. The molecule has 9 nitrogen and oxygen atoms in total. The van der Waals surface area contributed by atoms with E-state index in [2.05, 4.69) is 4.99 Å². The highest BCUT2D eigenvalue weighted by Gasteiger charge is 2.67. The minimum absolute atomic E-state index is 0. The highest BCUT2D eigenvalue weighted by molar-refractivity contribution is 6.28. The van der Waals surface area contributed by atoms with Gasteiger partial charge in [0, 0.05) is 0 Å². The highest BCUT2D eigenvalue weighted by atomic mass is 35.5. The number of amidine groups is 2. The number of Topliss-reactive ketones (excluding diaryl/α,β-unsaturated/α-hetero) is 2. The van der Waals surface area contributed by atoms with Crippen LogP contribution in [-0.2, 0) is 9.59 Å². The van der Waals surface area contributed by atoms with E-state index in [1.54, 1.807) is 6.07 Å². The number of aliphatic hydroxyl groups is 2. The fraction of sp³-hybridized carbons (Fsp3) is 0.688. The Balaban J connectivity index is -0.000000243. The summed E-state index contributed by atoms with van der Waals surface area (Å²) in [4.78, 5) is 22.6. The van der Waals surface area contributed by atoms with Gasteiger partial charge in [-0.3, -0.25) is 15.0 Å². The van der Waals surface area contributed by atoms with Crippen LogP contribution in [-0.4, -0.2) is 81.1 Å². The lowest BCUT2D eigenvalue weighted by Crippen LogP contribution is -2.68. The number of aliphatic imine (C=N–C) groups is 1. The molecule has 0 fully saturated rings.